The monoisotopic (exact) mass is 297 g/mol. The maximum absolute atomic E-state index is 12.1. The molecule has 1 saturated heterocycles. The van der Waals surface area contributed by atoms with Gasteiger partial charge in [-0.05, 0) is 37.6 Å². The van der Waals surface area contributed by atoms with Crippen LogP contribution in [0.25, 0.3) is 0 Å². The van der Waals surface area contributed by atoms with E-state index in [1.165, 1.54) is 31.5 Å². The largest absolute Gasteiger partial charge is 0.351 e. The molecule has 1 aliphatic rings. The fraction of sp³-hybridized carbons (Fsp3) is 0.389. The molecule has 1 N–H and O–H groups in total. The minimum Gasteiger partial charge on any atom is -0.351 e. The van der Waals surface area contributed by atoms with Crippen molar-refractivity contribution in [3.8, 4) is 0 Å². The van der Waals surface area contributed by atoms with Gasteiger partial charge in [0.15, 0.2) is 0 Å². The van der Waals surface area contributed by atoms with E-state index < -0.39 is 0 Å². The van der Waals surface area contributed by atoms with Crippen molar-refractivity contribution < 1.29 is 4.79 Å². The maximum Gasteiger partial charge on any atom is 0.252 e. The van der Waals surface area contributed by atoms with Crippen LogP contribution in [0.5, 0.6) is 0 Å². The highest BCUT2D eigenvalue weighted by Crippen LogP contribution is 2.07. The maximum atomic E-state index is 12.1. The molecule has 2 heterocycles. The Morgan fingerprint density at radius 2 is 1.86 bits per heavy atom. The van der Waals surface area contributed by atoms with Crippen LogP contribution in [0.15, 0.2) is 48.8 Å². The molecule has 0 bridgehead atoms. The highest BCUT2D eigenvalue weighted by Gasteiger charge is 2.12. The number of hydrogen-bond acceptors (Lipinski definition) is 2. The summed E-state index contributed by atoms with van der Waals surface area (Å²) in [5.74, 6) is 0.0195. The molecule has 1 aromatic heterocycles. The molecule has 1 amide bonds. The molecule has 4 nitrogen and oxygen atoms in total. The van der Waals surface area contributed by atoms with Crippen molar-refractivity contribution in [1.82, 2.24) is 14.8 Å². The number of nitrogens with zero attached hydrogens (tertiary/aromatic N) is 2. The van der Waals surface area contributed by atoms with Crippen LogP contribution < -0.4 is 5.32 Å². The summed E-state index contributed by atoms with van der Waals surface area (Å²) in [4.78, 5) is 14.5. The second-order valence-corrected chi connectivity index (χ2v) is 5.86. The number of carbonyl (C=O) groups is 1. The van der Waals surface area contributed by atoms with E-state index in [0.29, 0.717) is 0 Å². The van der Waals surface area contributed by atoms with Crippen LogP contribution in [0.1, 0.15) is 28.8 Å². The van der Waals surface area contributed by atoms with Gasteiger partial charge in [-0.1, -0.05) is 30.3 Å². The molecule has 1 aliphatic heterocycles. The molecular weight excluding hydrogens is 274 g/mol. The average Bonchev–Trinajstić information content (AvgIpc) is 3.20. The standard InChI is InChI=1S/C18H23N3O/c22-18(19-9-13-20-10-4-5-11-20)17-8-12-21(15-17)14-16-6-2-1-3-7-16/h1-3,6-8,12,15H,4-5,9-11,13-14H2,(H,19,22). The molecule has 0 radical (unpaired) electrons. The van der Waals surface area contributed by atoms with Gasteiger partial charge in [-0.15, -0.1) is 0 Å². The molecule has 0 atom stereocenters. The summed E-state index contributed by atoms with van der Waals surface area (Å²) in [6, 6.07) is 12.1. The summed E-state index contributed by atoms with van der Waals surface area (Å²) in [5, 5.41) is 3.01. The molecule has 2 aromatic rings. The Balaban J connectivity index is 1.48. The highest BCUT2D eigenvalue weighted by atomic mass is 16.1. The van der Waals surface area contributed by atoms with Crippen molar-refractivity contribution in [3.63, 3.8) is 0 Å². The molecule has 4 heteroatoms. The number of amides is 1. The molecule has 0 saturated carbocycles. The highest BCUT2D eigenvalue weighted by molar-refractivity contribution is 5.94. The van der Waals surface area contributed by atoms with Crippen molar-refractivity contribution in [2.75, 3.05) is 26.2 Å². The molecular formula is C18H23N3O. The minimum absolute atomic E-state index is 0.0195. The summed E-state index contributed by atoms with van der Waals surface area (Å²) in [6.07, 6.45) is 6.45. The number of benzene rings is 1. The van der Waals surface area contributed by atoms with E-state index in [4.69, 9.17) is 0 Å². The van der Waals surface area contributed by atoms with Crippen molar-refractivity contribution in [2.24, 2.45) is 0 Å². The van der Waals surface area contributed by atoms with Crippen LogP contribution in [0.3, 0.4) is 0 Å². The first-order chi connectivity index (χ1) is 10.8. The van der Waals surface area contributed by atoms with Gasteiger partial charge in [-0.2, -0.15) is 0 Å². The van der Waals surface area contributed by atoms with Gasteiger partial charge in [0, 0.05) is 32.0 Å². The Morgan fingerprint density at radius 1 is 1.09 bits per heavy atom. The third-order valence-corrected chi connectivity index (χ3v) is 4.13. The molecule has 0 spiro atoms. The first-order valence-electron chi connectivity index (χ1n) is 8.01. The van der Waals surface area contributed by atoms with Gasteiger partial charge in [-0.3, -0.25) is 4.79 Å². The van der Waals surface area contributed by atoms with Crippen LogP contribution in [0.4, 0.5) is 0 Å². The molecule has 1 aromatic carbocycles. The van der Waals surface area contributed by atoms with E-state index in [-0.39, 0.29) is 5.91 Å². The predicted molar refractivity (Wildman–Crippen MR) is 88.0 cm³/mol. The quantitative estimate of drug-likeness (QED) is 0.889. The Bertz CT molecular complexity index is 600. The Labute approximate surface area is 131 Å². The number of nitrogens with one attached hydrogen (secondary N) is 1. The molecule has 0 unspecified atom stereocenters. The molecule has 0 aliphatic carbocycles. The van der Waals surface area contributed by atoms with Crippen LogP contribution >= 0.6 is 0 Å². The van der Waals surface area contributed by atoms with E-state index in [1.54, 1.807) is 0 Å². The predicted octanol–water partition coefficient (Wildman–Crippen LogP) is 2.36. The molecule has 116 valence electrons. The lowest BCUT2D eigenvalue weighted by Crippen LogP contribution is -2.33. The van der Waals surface area contributed by atoms with Gasteiger partial charge in [0.05, 0.1) is 5.56 Å². The number of hydrogen-bond donors (Lipinski definition) is 1. The number of likely N-dealkylation sites (tertiary alicyclic amines) is 1. The van der Waals surface area contributed by atoms with Crippen molar-refractivity contribution >= 4 is 5.91 Å². The zero-order chi connectivity index (χ0) is 15.2. The normalized spacial score (nSPS) is 15.1. The number of aromatic nitrogens is 1. The Morgan fingerprint density at radius 3 is 2.64 bits per heavy atom. The van der Waals surface area contributed by atoms with Gasteiger partial charge >= 0.3 is 0 Å². The van der Waals surface area contributed by atoms with Gasteiger partial charge in [0.1, 0.15) is 0 Å². The average molecular weight is 297 g/mol. The summed E-state index contributed by atoms with van der Waals surface area (Å²) in [7, 11) is 0. The number of carbonyl (C=O) groups excluding carboxylic acids is 1. The first kappa shape index (κ1) is 14.9. The van der Waals surface area contributed by atoms with Gasteiger partial charge in [-0.25, -0.2) is 0 Å². The van der Waals surface area contributed by atoms with Crippen molar-refractivity contribution in [3.05, 3.63) is 59.9 Å². The lowest BCUT2D eigenvalue weighted by atomic mass is 10.2. The summed E-state index contributed by atoms with van der Waals surface area (Å²) in [6.45, 7) is 4.81. The lowest BCUT2D eigenvalue weighted by molar-refractivity contribution is 0.0949. The van der Waals surface area contributed by atoms with Gasteiger partial charge in [0.25, 0.3) is 5.91 Å². The van der Waals surface area contributed by atoms with Gasteiger partial charge in [0.2, 0.25) is 0 Å². The van der Waals surface area contributed by atoms with E-state index in [1.807, 2.05) is 41.2 Å². The minimum atomic E-state index is 0.0195. The topological polar surface area (TPSA) is 37.3 Å². The molecule has 22 heavy (non-hydrogen) atoms. The second-order valence-electron chi connectivity index (χ2n) is 5.86. The molecule has 1 fully saturated rings. The summed E-state index contributed by atoms with van der Waals surface area (Å²) < 4.78 is 2.05. The SMILES string of the molecule is O=C(NCCN1CCCC1)c1ccn(Cc2ccccc2)c1. The Hall–Kier alpha value is -2.07. The third-order valence-electron chi connectivity index (χ3n) is 4.13. The number of rotatable bonds is 6. The van der Waals surface area contributed by atoms with Crippen LogP contribution in [-0.4, -0.2) is 41.6 Å². The second kappa shape index (κ2) is 7.27. The van der Waals surface area contributed by atoms with Crippen molar-refractivity contribution in [2.45, 2.75) is 19.4 Å². The van der Waals surface area contributed by atoms with E-state index >= 15 is 0 Å². The Kier molecular flexibility index (Phi) is 4.91. The van der Waals surface area contributed by atoms with E-state index in [9.17, 15) is 4.79 Å². The van der Waals surface area contributed by atoms with E-state index in [2.05, 4.69) is 22.3 Å². The van der Waals surface area contributed by atoms with E-state index in [0.717, 1.165) is 25.2 Å². The fourth-order valence-electron chi connectivity index (χ4n) is 2.90. The zero-order valence-corrected chi connectivity index (χ0v) is 12.9. The fourth-order valence-corrected chi connectivity index (χ4v) is 2.90. The van der Waals surface area contributed by atoms with Crippen LogP contribution in [0, 0.1) is 0 Å². The summed E-state index contributed by atoms with van der Waals surface area (Å²) in [5.41, 5.74) is 1.97. The van der Waals surface area contributed by atoms with Gasteiger partial charge < -0.3 is 14.8 Å². The zero-order valence-electron chi connectivity index (χ0n) is 12.9. The smallest absolute Gasteiger partial charge is 0.252 e. The van der Waals surface area contributed by atoms with Crippen LogP contribution in [-0.2, 0) is 6.54 Å². The van der Waals surface area contributed by atoms with Crippen molar-refractivity contribution in [1.29, 1.82) is 0 Å². The molecule has 3 rings (SSSR count). The summed E-state index contributed by atoms with van der Waals surface area (Å²) >= 11 is 0. The van der Waals surface area contributed by atoms with Crippen LogP contribution in [0.2, 0.25) is 0 Å². The third kappa shape index (κ3) is 3.98. The lowest BCUT2D eigenvalue weighted by Gasteiger charge is -2.14. The first-order valence-corrected chi connectivity index (χ1v) is 8.01.